The van der Waals surface area contributed by atoms with Crippen LogP contribution in [0, 0.1) is 0 Å². The quantitative estimate of drug-likeness (QED) is 0.614. The maximum atomic E-state index is 11.8. The molecule has 1 heterocycles. The molecule has 4 heteroatoms. The van der Waals surface area contributed by atoms with E-state index < -0.39 is 0 Å². The minimum Gasteiger partial charge on any atom is -0.312 e. The summed E-state index contributed by atoms with van der Waals surface area (Å²) in [6, 6.07) is 5.83. The fourth-order valence-electron chi connectivity index (χ4n) is 2.36. The summed E-state index contributed by atoms with van der Waals surface area (Å²) in [6.45, 7) is 0. The number of amides is 1. The number of alkyl halides is 1. The molecule has 1 aromatic carbocycles. The van der Waals surface area contributed by atoms with Gasteiger partial charge in [-0.1, -0.05) is 30.4 Å². The molecule has 1 fully saturated rings. The van der Waals surface area contributed by atoms with Crippen molar-refractivity contribution in [2.75, 3.05) is 0 Å². The van der Waals surface area contributed by atoms with Gasteiger partial charge in [0.25, 0.3) is 5.91 Å². The molecule has 0 radical (unpaired) electrons. The second kappa shape index (κ2) is 3.54. The van der Waals surface area contributed by atoms with Gasteiger partial charge in [0.2, 0.25) is 0 Å². The zero-order valence-corrected chi connectivity index (χ0v) is 10.1. The molecule has 2 nitrogen and oxygen atoms in total. The van der Waals surface area contributed by atoms with Crippen molar-refractivity contribution in [3.8, 4) is 0 Å². The third-order valence-corrected chi connectivity index (χ3v) is 4.23. The van der Waals surface area contributed by atoms with Gasteiger partial charge in [-0.05, 0) is 18.4 Å². The van der Waals surface area contributed by atoms with E-state index in [4.69, 9.17) is 23.8 Å². The van der Waals surface area contributed by atoms with Gasteiger partial charge in [0.05, 0.1) is 5.56 Å². The molecule has 1 aromatic rings. The maximum Gasteiger partial charge on any atom is 0.257 e. The van der Waals surface area contributed by atoms with Crippen molar-refractivity contribution in [1.29, 1.82) is 0 Å². The minimum atomic E-state index is -0.0774. The fraction of sp³-hybridized carbons (Fsp3) is 0.333. The third kappa shape index (κ3) is 1.31. The van der Waals surface area contributed by atoms with E-state index in [9.17, 15) is 4.79 Å². The van der Waals surface area contributed by atoms with Gasteiger partial charge in [-0.2, -0.15) is 0 Å². The lowest BCUT2D eigenvalue weighted by Crippen LogP contribution is -2.26. The Morgan fingerprint density at radius 1 is 1.38 bits per heavy atom. The van der Waals surface area contributed by atoms with Crippen molar-refractivity contribution in [3.63, 3.8) is 0 Å². The number of hydrogen-bond donors (Lipinski definition) is 1. The van der Waals surface area contributed by atoms with E-state index >= 15 is 0 Å². The van der Waals surface area contributed by atoms with Crippen LogP contribution >= 0.6 is 23.8 Å². The number of fused-ring (bicyclic) bond motifs is 1. The number of halogens is 1. The van der Waals surface area contributed by atoms with Gasteiger partial charge in [0, 0.05) is 16.9 Å². The summed E-state index contributed by atoms with van der Waals surface area (Å²) in [5, 5.41) is 2.85. The van der Waals surface area contributed by atoms with E-state index in [1.807, 2.05) is 18.2 Å². The number of carbonyl (C=O) groups excluding carboxylic acids is 1. The highest BCUT2D eigenvalue weighted by Crippen LogP contribution is 2.43. The number of nitrogens with one attached hydrogen (secondary N) is 1. The SMILES string of the molecule is O=C1NC(=S)c2cccc(C3CCC3Cl)c21. The second-order valence-corrected chi connectivity index (χ2v) is 5.22. The van der Waals surface area contributed by atoms with E-state index in [0.717, 1.165) is 29.5 Å². The molecule has 3 rings (SSSR count). The van der Waals surface area contributed by atoms with E-state index in [-0.39, 0.29) is 11.3 Å². The number of thiocarbonyl (C=S) groups is 1. The summed E-state index contributed by atoms with van der Waals surface area (Å²) in [7, 11) is 0. The van der Waals surface area contributed by atoms with E-state index in [2.05, 4.69) is 5.32 Å². The van der Waals surface area contributed by atoms with Crippen LogP contribution in [0.15, 0.2) is 18.2 Å². The smallest absolute Gasteiger partial charge is 0.257 e. The van der Waals surface area contributed by atoms with Crippen LogP contribution < -0.4 is 5.32 Å². The average molecular weight is 252 g/mol. The molecule has 0 spiro atoms. The van der Waals surface area contributed by atoms with Crippen molar-refractivity contribution in [3.05, 3.63) is 34.9 Å². The number of carbonyl (C=O) groups is 1. The Labute approximate surface area is 104 Å². The van der Waals surface area contributed by atoms with Gasteiger partial charge in [-0.15, -0.1) is 11.6 Å². The highest BCUT2D eigenvalue weighted by Gasteiger charge is 2.36. The fourth-order valence-corrected chi connectivity index (χ4v) is 3.01. The molecule has 2 atom stereocenters. The Kier molecular flexibility index (Phi) is 2.26. The van der Waals surface area contributed by atoms with Crippen molar-refractivity contribution in [1.82, 2.24) is 5.32 Å². The lowest BCUT2D eigenvalue weighted by Gasteiger charge is -2.33. The van der Waals surface area contributed by atoms with Crippen molar-refractivity contribution in [2.24, 2.45) is 0 Å². The second-order valence-electron chi connectivity index (χ2n) is 4.25. The first kappa shape index (κ1) is 10.2. The molecule has 1 saturated carbocycles. The molecule has 0 saturated heterocycles. The summed E-state index contributed by atoms with van der Waals surface area (Å²) in [4.78, 5) is 12.3. The van der Waals surface area contributed by atoms with Crippen LogP contribution in [0.2, 0.25) is 0 Å². The molecule has 2 unspecified atom stereocenters. The summed E-state index contributed by atoms with van der Waals surface area (Å²) in [5.74, 6) is 0.231. The van der Waals surface area contributed by atoms with Gasteiger partial charge in [-0.3, -0.25) is 4.79 Å². The Morgan fingerprint density at radius 2 is 2.19 bits per heavy atom. The zero-order valence-electron chi connectivity index (χ0n) is 8.50. The topological polar surface area (TPSA) is 29.1 Å². The molecular formula is C12H10ClNOS. The third-order valence-electron chi connectivity index (χ3n) is 3.38. The van der Waals surface area contributed by atoms with Crippen molar-refractivity contribution in [2.45, 2.75) is 24.1 Å². The number of rotatable bonds is 1. The molecular weight excluding hydrogens is 242 g/mol. The van der Waals surface area contributed by atoms with Gasteiger partial charge in [0.15, 0.2) is 0 Å². The molecule has 16 heavy (non-hydrogen) atoms. The first-order valence-electron chi connectivity index (χ1n) is 5.31. The van der Waals surface area contributed by atoms with Crippen LogP contribution in [0.5, 0.6) is 0 Å². The van der Waals surface area contributed by atoms with E-state index in [1.54, 1.807) is 0 Å². The highest BCUT2D eigenvalue weighted by molar-refractivity contribution is 7.80. The van der Waals surface area contributed by atoms with Gasteiger partial charge >= 0.3 is 0 Å². The van der Waals surface area contributed by atoms with Crippen LogP contribution in [-0.4, -0.2) is 16.3 Å². The lowest BCUT2D eigenvalue weighted by atomic mass is 9.77. The van der Waals surface area contributed by atoms with Gasteiger partial charge < -0.3 is 5.32 Å². The average Bonchev–Trinajstić information content (AvgIpc) is 2.54. The predicted octanol–water partition coefficient (Wildman–Crippen LogP) is 2.59. The van der Waals surface area contributed by atoms with Crippen LogP contribution in [0.3, 0.4) is 0 Å². The van der Waals surface area contributed by atoms with Crippen LogP contribution in [0.25, 0.3) is 0 Å². The predicted molar refractivity (Wildman–Crippen MR) is 67.2 cm³/mol. The van der Waals surface area contributed by atoms with Gasteiger partial charge in [-0.25, -0.2) is 0 Å². The van der Waals surface area contributed by atoms with Crippen LogP contribution in [0.1, 0.15) is 40.2 Å². The Hall–Kier alpha value is -0.930. The molecule has 0 bridgehead atoms. The molecule has 0 aromatic heterocycles. The minimum absolute atomic E-state index is 0.0774. The van der Waals surface area contributed by atoms with E-state index in [0.29, 0.717) is 10.9 Å². The summed E-state index contributed by atoms with van der Waals surface area (Å²) in [5.41, 5.74) is 2.65. The van der Waals surface area contributed by atoms with Crippen molar-refractivity contribution >= 4 is 34.7 Å². The highest BCUT2D eigenvalue weighted by atomic mass is 35.5. The number of benzene rings is 1. The van der Waals surface area contributed by atoms with Crippen LogP contribution in [0.4, 0.5) is 0 Å². The lowest BCUT2D eigenvalue weighted by molar-refractivity contribution is 0.0982. The van der Waals surface area contributed by atoms with E-state index in [1.165, 1.54) is 0 Å². The van der Waals surface area contributed by atoms with Gasteiger partial charge in [0.1, 0.15) is 4.99 Å². The van der Waals surface area contributed by atoms with Crippen LogP contribution in [-0.2, 0) is 0 Å². The summed E-state index contributed by atoms with van der Waals surface area (Å²) < 4.78 is 0. The molecule has 2 aliphatic rings. The zero-order chi connectivity index (χ0) is 11.3. The maximum absolute atomic E-state index is 11.8. The summed E-state index contributed by atoms with van der Waals surface area (Å²) >= 11 is 11.3. The molecule has 1 amide bonds. The first-order valence-corrected chi connectivity index (χ1v) is 6.15. The first-order chi connectivity index (χ1) is 7.68. The molecule has 1 aliphatic carbocycles. The molecule has 1 aliphatic heterocycles. The molecule has 1 N–H and O–H groups in total. The monoisotopic (exact) mass is 251 g/mol. The standard InChI is InChI=1S/C12H10ClNOS/c13-9-5-4-6(9)7-2-1-3-8-10(7)11(15)14-12(8)16/h1-3,6,9H,4-5H2,(H,14,15,16). The van der Waals surface area contributed by atoms with Crippen molar-refractivity contribution < 1.29 is 4.79 Å². The Bertz CT molecular complexity index is 500. The number of hydrogen-bond acceptors (Lipinski definition) is 2. The normalized spacial score (nSPS) is 27.3. The molecule has 82 valence electrons. The summed E-state index contributed by atoms with van der Waals surface area (Å²) in [6.07, 6.45) is 2.09. The largest absolute Gasteiger partial charge is 0.312 e. The Balaban J connectivity index is 2.14. The Morgan fingerprint density at radius 3 is 2.81 bits per heavy atom.